The third kappa shape index (κ3) is 2.46. The van der Waals surface area contributed by atoms with Crippen molar-refractivity contribution in [2.45, 2.75) is 0 Å². The summed E-state index contributed by atoms with van der Waals surface area (Å²) in [5.41, 5.74) is 5.51. The highest BCUT2D eigenvalue weighted by Gasteiger charge is 2.16. The zero-order chi connectivity index (χ0) is 13.1. The first kappa shape index (κ1) is 12.1. The summed E-state index contributed by atoms with van der Waals surface area (Å²) in [5, 5.41) is 12.3. The molecule has 18 heavy (non-hydrogen) atoms. The number of carbonyl (C=O) groups is 2. The molecule has 0 saturated heterocycles. The fourth-order valence-corrected chi connectivity index (χ4v) is 1.95. The summed E-state index contributed by atoms with van der Waals surface area (Å²) in [4.78, 5) is 26.7. The SMILES string of the molecule is Nc1cnc(NC(=O)c2ccccc2C(=O)O)s1. The van der Waals surface area contributed by atoms with Crippen LogP contribution in [-0.2, 0) is 0 Å². The van der Waals surface area contributed by atoms with Crippen LogP contribution in [0.25, 0.3) is 0 Å². The Morgan fingerprint density at radius 3 is 2.50 bits per heavy atom. The maximum absolute atomic E-state index is 11.9. The van der Waals surface area contributed by atoms with E-state index in [2.05, 4.69) is 10.3 Å². The van der Waals surface area contributed by atoms with Crippen molar-refractivity contribution in [2.75, 3.05) is 11.1 Å². The van der Waals surface area contributed by atoms with Crippen LogP contribution in [0.2, 0.25) is 0 Å². The molecule has 0 saturated carbocycles. The highest BCUT2D eigenvalue weighted by molar-refractivity contribution is 7.19. The second-order valence-electron chi connectivity index (χ2n) is 3.37. The number of carboxylic acid groups (broad SMARTS) is 1. The summed E-state index contributed by atoms with van der Waals surface area (Å²) in [7, 11) is 0. The normalized spacial score (nSPS) is 10.0. The largest absolute Gasteiger partial charge is 0.478 e. The average Bonchev–Trinajstić information content (AvgIpc) is 2.74. The molecule has 0 bridgehead atoms. The Morgan fingerprint density at radius 1 is 1.28 bits per heavy atom. The van der Waals surface area contributed by atoms with Crippen molar-refractivity contribution in [2.24, 2.45) is 0 Å². The number of benzene rings is 1. The minimum Gasteiger partial charge on any atom is -0.478 e. The number of nitrogens with zero attached hydrogens (tertiary/aromatic N) is 1. The van der Waals surface area contributed by atoms with Gasteiger partial charge in [0, 0.05) is 0 Å². The molecule has 2 rings (SSSR count). The number of anilines is 2. The molecule has 92 valence electrons. The molecule has 4 N–H and O–H groups in total. The van der Waals surface area contributed by atoms with E-state index in [1.807, 2.05) is 0 Å². The third-order valence-electron chi connectivity index (χ3n) is 2.15. The molecule has 1 aromatic heterocycles. The Labute approximate surface area is 106 Å². The van der Waals surface area contributed by atoms with Crippen molar-refractivity contribution in [3.8, 4) is 0 Å². The molecule has 0 unspecified atom stereocenters. The van der Waals surface area contributed by atoms with Gasteiger partial charge >= 0.3 is 5.97 Å². The molecule has 0 fully saturated rings. The van der Waals surface area contributed by atoms with Crippen molar-refractivity contribution in [3.05, 3.63) is 41.6 Å². The number of aromatic nitrogens is 1. The summed E-state index contributed by atoms with van der Waals surface area (Å²) in [6.45, 7) is 0. The van der Waals surface area contributed by atoms with Gasteiger partial charge in [-0.2, -0.15) is 0 Å². The number of amides is 1. The van der Waals surface area contributed by atoms with E-state index in [1.54, 1.807) is 12.1 Å². The zero-order valence-electron chi connectivity index (χ0n) is 9.08. The maximum Gasteiger partial charge on any atom is 0.336 e. The van der Waals surface area contributed by atoms with Gasteiger partial charge in [-0.25, -0.2) is 9.78 Å². The predicted molar refractivity (Wildman–Crippen MR) is 67.9 cm³/mol. The maximum atomic E-state index is 11.9. The lowest BCUT2D eigenvalue weighted by atomic mass is 10.1. The summed E-state index contributed by atoms with van der Waals surface area (Å²) < 4.78 is 0. The number of rotatable bonds is 3. The van der Waals surface area contributed by atoms with Gasteiger partial charge < -0.3 is 10.8 Å². The number of carbonyl (C=O) groups excluding carboxylic acids is 1. The first-order valence-corrected chi connectivity index (χ1v) is 5.74. The van der Waals surface area contributed by atoms with E-state index in [0.29, 0.717) is 10.1 Å². The van der Waals surface area contributed by atoms with Gasteiger partial charge in [0.1, 0.15) is 5.00 Å². The molecular formula is C11H9N3O3S. The van der Waals surface area contributed by atoms with Crippen LogP contribution in [0.1, 0.15) is 20.7 Å². The van der Waals surface area contributed by atoms with Gasteiger partial charge in [-0.05, 0) is 12.1 Å². The lowest BCUT2D eigenvalue weighted by molar-refractivity contribution is 0.0692. The molecule has 6 nitrogen and oxygen atoms in total. The van der Waals surface area contributed by atoms with E-state index in [1.165, 1.54) is 18.3 Å². The van der Waals surface area contributed by atoms with Crippen molar-refractivity contribution in [3.63, 3.8) is 0 Å². The monoisotopic (exact) mass is 263 g/mol. The predicted octanol–water partition coefficient (Wildman–Crippen LogP) is 1.68. The highest BCUT2D eigenvalue weighted by Crippen LogP contribution is 2.20. The van der Waals surface area contributed by atoms with Crippen LogP contribution < -0.4 is 11.1 Å². The molecule has 1 aromatic carbocycles. The summed E-state index contributed by atoms with van der Waals surface area (Å²) >= 11 is 1.11. The molecular weight excluding hydrogens is 254 g/mol. The van der Waals surface area contributed by atoms with Gasteiger partial charge in [0.25, 0.3) is 5.91 Å². The summed E-state index contributed by atoms with van der Waals surface area (Å²) in [5.74, 6) is -1.68. The zero-order valence-corrected chi connectivity index (χ0v) is 9.90. The van der Waals surface area contributed by atoms with E-state index in [-0.39, 0.29) is 11.1 Å². The fourth-order valence-electron chi connectivity index (χ4n) is 1.38. The van der Waals surface area contributed by atoms with Gasteiger partial charge in [-0.15, -0.1) is 0 Å². The van der Waals surface area contributed by atoms with Crippen molar-refractivity contribution < 1.29 is 14.7 Å². The van der Waals surface area contributed by atoms with Gasteiger partial charge in [-0.1, -0.05) is 23.5 Å². The molecule has 0 aliphatic carbocycles. The number of thiazole rings is 1. The number of nitrogens with two attached hydrogens (primary N) is 1. The third-order valence-corrected chi connectivity index (χ3v) is 2.89. The topological polar surface area (TPSA) is 105 Å². The van der Waals surface area contributed by atoms with Gasteiger partial charge in [0.15, 0.2) is 5.13 Å². The molecule has 0 spiro atoms. The number of hydrogen-bond donors (Lipinski definition) is 3. The van der Waals surface area contributed by atoms with Crippen LogP contribution in [0.5, 0.6) is 0 Å². The molecule has 0 radical (unpaired) electrons. The summed E-state index contributed by atoms with van der Waals surface area (Å²) in [6.07, 6.45) is 1.42. The number of nitrogen functional groups attached to an aromatic ring is 1. The van der Waals surface area contributed by atoms with Gasteiger partial charge in [-0.3, -0.25) is 10.1 Å². The smallest absolute Gasteiger partial charge is 0.336 e. The van der Waals surface area contributed by atoms with Crippen molar-refractivity contribution in [1.82, 2.24) is 4.98 Å². The molecule has 0 aliphatic rings. The second-order valence-corrected chi connectivity index (χ2v) is 4.43. The van der Waals surface area contributed by atoms with E-state index in [4.69, 9.17) is 10.8 Å². The van der Waals surface area contributed by atoms with Gasteiger partial charge in [0.05, 0.1) is 17.3 Å². The fraction of sp³-hybridized carbons (Fsp3) is 0. The summed E-state index contributed by atoms with van der Waals surface area (Å²) in [6, 6.07) is 5.96. The lowest BCUT2D eigenvalue weighted by Gasteiger charge is -2.04. The second kappa shape index (κ2) is 4.84. The van der Waals surface area contributed by atoms with E-state index in [0.717, 1.165) is 11.3 Å². The van der Waals surface area contributed by atoms with Crippen molar-refractivity contribution >= 4 is 33.3 Å². The Balaban J connectivity index is 2.26. The van der Waals surface area contributed by atoms with Crippen LogP contribution in [0, 0.1) is 0 Å². The lowest BCUT2D eigenvalue weighted by Crippen LogP contribution is -2.16. The van der Waals surface area contributed by atoms with Crippen molar-refractivity contribution in [1.29, 1.82) is 0 Å². The minimum absolute atomic E-state index is 0.0560. The van der Waals surface area contributed by atoms with Crippen LogP contribution in [0.4, 0.5) is 10.1 Å². The van der Waals surface area contributed by atoms with Gasteiger partial charge in [0.2, 0.25) is 0 Å². The molecule has 0 atom stereocenters. The first-order valence-electron chi connectivity index (χ1n) is 4.93. The van der Waals surface area contributed by atoms with Crippen LogP contribution >= 0.6 is 11.3 Å². The quantitative estimate of drug-likeness (QED) is 0.781. The molecule has 1 heterocycles. The average molecular weight is 263 g/mol. The number of carboxylic acids is 1. The molecule has 0 aliphatic heterocycles. The molecule has 2 aromatic rings. The Kier molecular flexibility index (Phi) is 3.24. The van der Waals surface area contributed by atoms with E-state index in [9.17, 15) is 9.59 Å². The van der Waals surface area contributed by atoms with Crippen LogP contribution in [-0.4, -0.2) is 22.0 Å². The number of aromatic carboxylic acids is 1. The van der Waals surface area contributed by atoms with Crippen LogP contribution in [0.3, 0.4) is 0 Å². The number of hydrogen-bond acceptors (Lipinski definition) is 5. The Bertz CT molecular complexity index is 609. The van der Waals surface area contributed by atoms with Crippen LogP contribution in [0.15, 0.2) is 30.5 Å². The molecule has 7 heteroatoms. The molecule has 1 amide bonds. The Hall–Kier alpha value is -2.41. The highest BCUT2D eigenvalue weighted by atomic mass is 32.1. The minimum atomic E-state index is -1.15. The standard InChI is InChI=1S/C11H9N3O3S/c12-8-5-13-11(18-8)14-9(15)6-3-1-2-4-7(6)10(16)17/h1-5H,12H2,(H,16,17)(H,13,14,15). The first-order chi connectivity index (χ1) is 8.58. The number of nitrogens with one attached hydrogen (secondary N) is 1. The van der Waals surface area contributed by atoms with E-state index >= 15 is 0 Å². The Morgan fingerprint density at radius 2 is 1.94 bits per heavy atom. The van der Waals surface area contributed by atoms with E-state index < -0.39 is 11.9 Å².